The van der Waals surface area contributed by atoms with Crippen molar-refractivity contribution in [2.24, 2.45) is 11.8 Å². The predicted octanol–water partition coefficient (Wildman–Crippen LogP) is 13.2. The second kappa shape index (κ2) is 19.8. The number of aromatic nitrogens is 3. The maximum absolute atomic E-state index is 11.1. The summed E-state index contributed by atoms with van der Waals surface area (Å²) in [6.07, 6.45) is 9.75. The fraction of sp³-hybridized carbons (Fsp3) is 0.321. The molecule has 9 heteroatoms. The summed E-state index contributed by atoms with van der Waals surface area (Å²) < 4.78 is 14.8. The van der Waals surface area contributed by atoms with Crippen molar-refractivity contribution in [3.8, 4) is 28.8 Å². The zero-order valence-electron chi connectivity index (χ0n) is 36.1. The summed E-state index contributed by atoms with van der Waals surface area (Å²) in [6, 6.07) is 35.2. The van der Waals surface area contributed by atoms with E-state index in [1.54, 1.807) is 0 Å². The highest BCUT2D eigenvalue weighted by molar-refractivity contribution is 7.20. The van der Waals surface area contributed by atoms with Gasteiger partial charge in [-0.25, -0.2) is 14.8 Å². The normalized spacial score (nSPS) is 14.6. The van der Waals surface area contributed by atoms with Crippen LogP contribution >= 0.6 is 22.7 Å². The Morgan fingerprint density at radius 1 is 0.742 bits per heavy atom. The topological polar surface area (TPSA) is 88.2 Å². The Hall–Kier alpha value is -6.00. The molecule has 1 aliphatic carbocycles. The molecule has 0 spiro atoms. The summed E-state index contributed by atoms with van der Waals surface area (Å²) >= 11 is 3.05. The fourth-order valence-corrected chi connectivity index (χ4v) is 10.4. The van der Waals surface area contributed by atoms with Crippen LogP contribution in [0.4, 0.5) is 0 Å². The number of aromatic amines is 1. The van der Waals surface area contributed by atoms with Crippen LogP contribution in [-0.2, 0) is 0 Å². The van der Waals surface area contributed by atoms with E-state index in [1.165, 1.54) is 48.4 Å². The van der Waals surface area contributed by atoms with E-state index in [0.717, 1.165) is 96.4 Å². The van der Waals surface area contributed by atoms with Crippen molar-refractivity contribution in [1.29, 1.82) is 5.26 Å². The first-order valence-electron chi connectivity index (χ1n) is 22.1. The number of H-pyrrole nitrogens is 1. The van der Waals surface area contributed by atoms with Gasteiger partial charge in [0.2, 0.25) is 5.70 Å². The first-order chi connectivity index (χ1) is 30.5. The van der Waals surface area contributed by atoms with Gasteiger partial charge in [0.25, 0.3) is 0 Å². The SMILES string of the molecule is [C-]#[N+]/C(=C1/CC(c2ccc(OCC(CC)CCCC)cc2)=c2c1c(-c1ccc(OCC(CC)CCCC)cc1)[nH]/c2=C(/C#N)c1nc2ccccc2s1)c1nc2ccccc2s1. The van der Waals surface area contributed by atoms with Crippen LogP contribution in [0.2, 0.25) is 0 Å². The molecule has 314 valence electrons. The molecule has 7 aromatic rings. The van der Waals surface area contributed by atoms with E-state index in [2.05, 4.69) is 86.1 Å². The van der Waals surface area contributed by atoms with Gasteiger partial charge in [-0.15, -0.1) is 22.7 Å². The molecule has 1 aliphatic rings. The molecular weight excluding hydrogens is 803 g/mol. The van der Waals surface area contributed by atoms with E-state index in [4.69, 9.17) is 26.0 Å². The summed E-state index contributed by atoms with van der Waals surface area (Å²) in [7, 11) is 0. The molecule has 2 unspecified atom stereocenters. The molecule has 0 fully saturated rings. The molecule has 3 heterocycles. The molecule has 7 nitrogen and oxygen atoms in total. The third-order valence-corrected chi connectivity index (χ3v) is 14.2. The molecule has 0 radical (unpaired) electrons. The average molecular weight is 856 g/mol. The van der Waals surface area contributed by atoms with Gasteiger partial charge in [-0.05, 0) is 114 Å². The molecule has 8 rings (SSSR count). The molecule has 0 saturated carbocycles. The molecule has 3 aromatic heterocycles. The van der Waals surface area contributed by atoms with Gasteiger partial charge in [0, 0.05) is 10.8 Å². The van der Waals surface area contributed by atoms with Gasteiger partial charge >= 0.3 is 0 Å². The van der Waals surface area contributed by atoms with Gasteiger partial charge < -0.3 is 14.5 Å². The monoisotopic (exact) mass is 855 g/mol. The van der Waals surface area contributed by atoms with E-state index >= 15 is 0 Å². The minimum atomic E-state index is 0.465. The number of fused-ring (bicyclic) bond motifs is 3. The van der Waals surface area contributed by atoms with Crippen LogP contribution in [0.15, 0.2) is 97.1 Å². The maximum Gasteiger partial charge on any atom is 0.226 e. The zero-order chi connectivity index (χ0) is 43.0. The minimum Gasteiger partial charge on any atom is -0.493 e. The molecule has 2 atom stereocenters. The van der Waals surface area contributed by atoms with E-state index in [0.29, 0.717) is 58.1 Å². The van der Waals surface area contributed by atoms with E-state index in [-0.39, 0.29) is 0 Å². The van der Waals surface area contributed by atoms with Crippen LogP contribution in [0.5, 0.6) is 11.5 Å². The molecule has 0 aliphatic heterocycles. The predicted molar refractivity (Wildman–Crippen MR) is 257 cm³/mol. The maximum atomic E-state index is 11.1. The van der Waals surface area contributed by atoms with E-state index in [9.17, 15) is 5.26 Å². The summed E-state index contributed by atoms with van der Waals surface area (Å²) in [6.45, 7) is 19.0. The number of thiazole rings is 2. The van der Waals surface area contributed by atoms with Crippen LogP contribution in [0.3, 0.4) is 0 Å². The molecule has 62 heavy (non-hydrogen) atoms. The molecule has 0 saturated heterocycles. The van der Waals surface area contributed by atoms with Crippen molar-refractivity contribution >= 4 is 65.5 Å². The van der Waals surface area contributed by atoms with Crippen molar-refractivity contribution in [2.45, 2.75) is 85.5 Å². The number of allylic oxidation sites excluding steroid dienone is 1. The first-order valence-corrected chi connectivity index (χ1v) is 23.8. The van der Waals surface area contributed by atoms with Gasteiger partial charge in [-0.3, -0.25) is 0 Å². The van der Waals surface area contributed by atoms with E-state index in [1.807, 2.05) is 54.6 Å². The van der Waals surface area contributed by atoms with Gasteiger partial charge in [0.05, 0.1) is 51.3 Å². The summed E-state index contributed by atoms with van der Waals surface area (Å²) in [4.78, 5) is 18.0. The number of unbranched alkanes of at least 4 members (excludes halogenated alkanes) is 2. The molecule has 0 amide bonds. The number of nitrogens with one attached hydrogen (secondary N) is 1. The lowest BCUT2D eigenvalue weighted by Crippen LogP contribution is -2.28. The average Bonchev–Trinajstić information content (AvgIpc) is 4.11. The highest BCUT2D eigenvalue weighted by Gasteiger charge is 2.31. The first kappa shape index (κ1) is 42.7. The van der Waals surface area contributed by atoms with Gasteiger partial charge in [-0.2, -0.15) is 5.26 Å². The molecule has 0 bridgehead atoms. The van der Waals surface area contributed by atoms with Crippen LogP contribution in [-0.4, -0.2) is 28.2 Å². The second-order valence-electron chi connectivity index (χ2n) is 16.2. The number of rotatable bonds is 18. The van der Waals surface area contributed by atoms with Crippen LogP contribution < -0.4 is 20.0 Å². The third kappa shape index (κ3) is 8.98. The summed E-state index contributed by atoms with van der Waals surface area (Å²) in [5.41, 5.74) is 8.31. The van der Waals surface area contributed by atoms with Gasteiger partial charge in [0.1, 0.15) is 33.2 Å². The molecule has 4 aromatic carbocycles. The number of nitrogens with zero attached hydrogens (tertiary/aromatic N) is 4. The van der Waals surface area contributed by atoms with E-state index < -0.39 is 0 Å². The Kier molecular flexibility index (Phi) is 13.6. The minimum absolute atomic E-state index is 0.465. The largest absolute Gasteiger partial charge is 0.493 e. The molecule has 1 N–H and O–H groups in total. The Morgan fingerprint density at radius 3 is 1.79 bits per heavy atom. The van der Waals surface area contributed by atoms with Crippen molar-refractivity contribution in [3.63, 3.8) is 0 Å². The number of benzene rings is 4. The Labute approximate surface area is 372 Å². The smallest absolute Gasteiger partial charge is 0.226 e. The quantitative estimate of drug-likeness (QED) is 0.0869. The number of hydrogen-bond acceptors (Lipinski definition) is 7. The standard InChI is InChI=1S/C53H53N5O2S2/c1-6-10-16-34(8-3)32-59-38-26-22-36(23-27-38)40-30-41(51(55-5)53-57-44-19-13-15-21-46(44)62-53)48-47(40)50(42(31-54)52-56-43-18-12-14-20-45(43)61-52)58-49(48)37-24-28-39(29-25-37)60-33-35(9-4)17-11-7-2/h12-15,18-29,34-35,58H,6-11,16-17,30,32-33H2,1-4H3/b50-42-,51-41-. The highest BCUT2D eigenvalue weighted by atomic mass is 32.1. The highest BCUT2D eigenvalue weighted by Crippen LogP contribution is 2.43. The number of ether oxygens (including phenoxy) is 2. The summed E-state index contributed by atoms with van der Waals surface area (Å²) in [5.74, 6) is 2.69. The Morgan fingerprint density at radius 2 is 1.27 bits per heavy atom. The lowest BCUT2D eigenvalue weighted by molar-refractivity contribution is 0.233. The third-order valence-electron chi connectivity index (χ3n) is 12.1. The fourth-order valence-electron chi connectivity index (χ4n) is 8.41. The van der Waals surface area contributed by atoms with Crippen LogP contribution in [0, 0.1) is 29.7 Å². The lowest BCUT2D eigenvalue weighted by atomic mass is 9.98. The lowest BCUT2D eigenvalue weighted by Gasteiger charge is -2.16. The van der Waals surface area contributed by atoms with Crippen molar-refractivity contribution in [1.82, 2.24) is 15.0 Å². The second-order valence-corrected chi connectivity index (χ2v) is 18.2. The zero-order valence-corrected chi connectivity index (χ0v) is 37.7. The van der Waals surface area contributed by atoms with Crippen molar-refractivity contribution in [2.75, 3.05) is 13.2 Å². The van der Waals surface area contributed by atoms with Gasteiger partial charge in [-0.1, -0.05) is 103 Å². The Balaban J connectivity index is 1.33. The molecular formula is C53H53N5O2S2. The van der Waals surface area contributed by atoms with Crippen molar-refractivity contribution in [3.05, 3.63) is 140 Å². The Bertz CT molecular complexity index is 2860. The summed E-state index contributed by atoms with van der Waals surface area (Å²) in [5, 5.41) is 14.0. The number of hydrogen-bond donors (Lipinski definition) is 1. The van der Waals surface area contributed by atoms with Crippen LogP contribution in [0.1, 0.15) is 107 Å². The number of nitriles is 1. The number of para-hydroxylation sites is 2. The van der Waals surface area contributed by atoms with Gasteiger partial charge in [0.15, 0.2) is 0 Å². The van der Waals surface area contributed by atoms with Crippen molar-refractivity contribution < 1.29 is 9.47 Å². The van der Waals surface area contributed by atoms with Crippen LogP contribution in [0.25, 0.3) is 59.0 Å².